The number of anilines is 1. The molecule has 0 radical (unpaired) electrons. The Morgan fingerprint density at radius 1 is 1.19 bits per heavy atom. The summed E-state index contributed by atoms with van der Waals surface area (Å²) in [6, 6.07) is 5.50. The van der Waals surface area contributed by atoms with Crippen LogP contribution in [0.15, 0.2) is 18.3 Å². The zero-order valence-corrected chi connectivity index (χ0v) is 17.5. The van der Waals surface area contributed by atoms with Gasteiger partial charge >= 0.3 is 0 Å². The summed E-state index contributed by atoms with van der Waals surface area (Å²) in [7, 11) is -3.01. The Hall–Kier alpha value is -1.14. The molecule has 1 aromatic heterocycles. The summed E-state index contributed by atoms with van der Waals surface area (Å²) in [5.74, 6) is 2.56. The van der Waals surface area contributed by atoms with Gasteiger partial charge in [0, 0.05) is 44.2 Å². The highest BCUT2D eigenvalue weighted by Gasteiger charge is 2.44. The number of nitrogens with zero attached hydrogens (tertiary/aromatic N) is 3. The number of hydrogen-bond acceptors (Lipinski definition) is 5. The van der Waals surface area contributed by atoms with Crippen LogP contribution in [0.4, 0.5) is 5.82 Å². The fraction of sp³-hybridized carbons (Fsp3) is 0.762. The number of fused-ring (bicyclic) bond motifs is 4. The molecule has 3 saturated heterocycles. The van der Waals surface area contributed by atoms with Gasteiger partial charge in [0.15, 0.2) is 9.84 Å². The van der Waals surface area contributed by atoms with Gasteiger partial charge in [-0.25, -0.2) is 13.4 Å². The second kappa shape index (κ2) is 7.70. The Morgan fingerprint density at radius 3 is 2.74 bits per heavy atom. The Morgan fingerprint density at radius 2 is 2.04 bits per heavy atom. The predicted molar refractivity (Wildman–Crippen MR) is 110 cm³/mol. The maximum absolute atomic E-state index is 11.5. The molecule has 6 heteroatoms. The van der Waals surface area contributed by atoms with Gasteiger partial charge in [-0.05, 0) is 49.1 Å². The molecule has 2 bridgehead atoms. The first kappa shape index (κ1) is 19.2. The van der Waals surface area contributed by atoms with Crippen molar-refractivity contribution in [3.8, 4) is 0 Å². The molecule has 150 valence electrons. The molecule has 0 N–H and O–H groups in total. The molecule has 3 fully saturated rings. The quantitative estimate of drug-likeness (QED) is 0.772. The molecule has 3 aliphatic rings. The molecule has 1 aromatic rings. The standard InChI is InChI=1S/C21H33N3O2S/c1-3-5-19-6-4-7-20-18-10-17(13-24(19)20)12-23(14-18)21-9-8-16(11-22-21)15-27(2,25)26/h8-9,11,17-20H,3-7,10,12-15H2,1-2H3/t17-,18+,19-,20-/m0/s1. The van der Waals surface area contributed by atoms with Crippen molar-refractivity contribution in [2.24, 2.45) is 11.8 Å². The summed E-state index contributed by atoms with van der Waals surface area (Å²) in [5.41, 5.74) is 0.777. The van der Waals surface area contributed by atoms with E-state index in [0.29, 0.717) is 0 Å². The van der Waals surface area contributed by atoms with Gasteiger partial charge < -0.3 is 4.90 Å². The fourth-order valence-corrected chi connectivity index (χ4v) is 6.51. The van der Waals surface area contributed by atoms with E-state index in [1.807, 2.05) is 12.1 Å². The summed E-state index contributed by atoms with van der Waals surface area (Å²) in [6.07, 6.45) is 11.1. The molecule has 0 aromatic carbocycles. The van der Waals surface area contributed by atoms with Crippen molar-refractivity contribution < 1.29 is 8.42 Å². The first-order valence-electron chi connectivity index (χ1n) is 10.6. The average Bonchev–Trinajstić information content (AvgIpc) is 2.62. The first-order chi connectivity index (χ1) is 12.9. The number of hydrogen-bond donors (Lipinski definition) is 0. The first-order valence-corrected chi connectivity index (χ1v) is 12.6. The number of piperidine rings is 3. The van der Waals surface area contributed by atoms with Gasteiger partial charge in [0.1, 0.15) is 5.82 Å². The normalized spacial score (nSPS) is 31.6. The third-order valence-corrected chi connectivity index (χ3v) is 7.56. The molecule has 0 amide bonds. The lowest BCUT2D eigenvalue weighted by atomic mass is 9.74. The van der Waals surface area contributed by atoms with Crippen LogP contribution in [-0.2, 0) is 15.6 Å². The zero-order valence-electron chi connectivity index (χ0n) is 16.7. The number of pyridine rings is 1. The molecule has 5 nitrogen and oxygen atoms in total. The highest BCUT2D eigenvalue weighted by atomic mass is 32.2. The van der Waals surface area contributed by atoms with E-state index < -0.39 is 9.84 Å². The largest absolute Gasteiger partial charge is 0.356 e. The molecule has 3 aliphatic heterocycles. The Kier molecular flexibility index (Phi) is 5.48. The van der Waals surface area contributed by atoms with Crippen molar-refractivity contribution in [2.45, 2.75) is 63.3 Å². The highest BCUT2D eigenvalue weighted by Crippen LogP contribution is 2.41. The molecular formula is C21H33N3O2S. The van der Waals surface area contributed by atoms with Crippen LogP contribution in [0.3, 0.4) is 0 Å². The molecule has 0 saturated carbocycles. The third kappa shape index (κ3) is 4.32. The molecular weight excluding hydrogens is 358 g/mol. The number of rotatable bonds is 5. The van der Waals surface area contributed by atoms with Gasteiger partial charge in [-0.2, -0.15) is 0 Å². The molecule has 27 heavy (non-hydrogen) atoms. The van der Waals surface area contributed by atoms with Gasteiger partial charge in [0.05, 0.1) is 5.75 Å². The molecule has 4 rings (SSSR count). The summed E-state index contributed by atoms with van der Waals surface area (Å²) in [6.45, 7) is 5.73. The van der Waals surface area contributed by atoms with Crippen molar-refractivity contribution in [3.05, 3.63) is 23.9 Å². The van der Waals surface area contributed by atoms with E-state index in [4.69, 9.17) is 0 Å². The van der Waals surface area contributed by atoms with Crippen LogP contribution in [-0.4, -0.2) is 56.3 Å². The van der Waals surface area contributed by atoms with E-state index >= 15 is 0 Å². The van der Waals surface area contributed by atoms with Gasteiger partial charge in [-0.15, -0.1) is 0 Å². The fourth-order valence-electron chi connectivity index (χ4n) is 5.73. The minimum absolute atomic E-state index is 0.0708. The summed E-state index contributed by atoms with van der Waals surface area (Å²) in [4.78, 5) is 9.93. The summed E-state index contributed by atoms with van der Waals surface area (Å²) < 4.78 is 23.0. The van der Waals surface area contributed by atoms with Gasteiger partial charge in [-0.1, -0.05) is 25.8 Å². The second-order valence-corrected chi connectivity index (χ2v) is 11.1. The van der Waals surface area contributed by atoms with E-state index in [1.165, 1.54) is 51.3 Å². The Balaban J connectivity index is 1.46. The summed E-state index contributed by atoms with van der Waals surface area (Å²) in [5, 5.41) is 0. The van der Waals surface area contributed by atoms with Crippen LogP contribution in [0.5, 0.6) is 0 Å². The minimum atomic E-state index is -3.01. The van der Waals surface area contributed by atoms with Gasteiger partial charge in [0.2, 0.25) is 0 Å². The van der Waals surface area contributed by atoms with E-state index in [-0.39, 0.29) is 5.75 Å². The van der Waals surface area contributed by atoms with Gasteiger partial charge in [-0.3, -0.25) is 4.90 Å². The lowest BCUT2D eigenvalue weighted by molar-refractivity contribution is -0.0216. The van der Waals surface area contributed by atoms with Crippen LogP contribution < -0.4 is 4.90 Å². The third-order valence-electron chi connectivity index (χ3n) is 6.70. The monoisotopic (exact) mass is 391 g/mol. The van der Waals surface area contributed by atoms with E-state index in [2.05, 4.69) is 21.7 Å². The molecule has 0 spiro atoms. The maximum atomic E-state index is 11.5. The predicted octanol–water partition coefficient (Wildman–Crippen LogP) is 3.11. The number of aromatic nitrogens is 1. The molecule has 0 aliphatic carbocycles. The van der Waals surface area contributed by atoms with E-state index in [9.17, 15) is 8.42 Å². The SMILES string of the molecule is CCC[C@H]1CCC[C@H]2[C@@H]3C[C@@H](CN(c4ccc(CS(C)(=O)=O)cn4)C3)CN12. The lowest BCUT2D eigenvalue weighted by Gasteiger charge is -2.55. The Bertz CT molecular complexity index is 747. The lowest BCUT2D eigenvalue weighted by Crippen LogP contribution is -2.61. The van der Waals surface area contributed by atoms with Crippen molar-refractivity contribution in [1.29, 1.82) is 0 Å². The number of sulfone groups is 1. The van der Waals surface area contributed by atoms with Gasteiger partial charge in [0.25, 0.3) is 0 Å². The second-order valence-electron chi connectivity index (χ2n) is 9.00. The van der Waals surface area contributed by atoms with E-state index in [0.717, 1.165) is 48.4 Å². The van der Waals surface area contributed by atoms with E-state index in [1.54, 1.807) is 6.20 Å². The maximum Gasteiger partial charge on any atom is 0.151 e. The molecule has 0 unspecified atom stereocenters. The topological polar surface area (TPSA) is 53.5 Å². The van der Waals surface area contributed by atoms with Crippen LogP contribution in [0, 0.1) is 11.8 Å². The van der Waals surface area contributed by atoms with Crippen molar-refractivity contribution >= 4 is 15.7 Å². The Labute approximate surface area is 164 Å². The molecule has 4 heterocycles. The highest BCUT2D eigenvalue weighted by molar-refractivity contribution is 7.89. The zero-order chi connectivity index (χ0) is 19.0. The smallest absolute Gasteiger partial charge is 0.151 e. The van der Waals surface area contributed by atoms with Crippen molar-refractivity contribution in [3.63, 3.8) is 0 Å². The van der Waals surface area contributed by atoms with Crippen LogP contribution in [0.1, 0.15) is 51.0 Å². The summed E-state index contributed by atoms with van der Waals surface area (Å²) >= 11 is 0. The molecule has 4 atom stereocenters. The van der Waals surface area contributed by atoms with Crippen LogP contribution in [0.2, 0.25) is 0 Å². The van der Waals surface area contributed by atoms with Crippen LogP contribution >= 0.6 is 0 Å². The van der Waals surface area contributed by atoms with Crippen molar-refractivity contribution in [1.82, 2.24) is 9.88 Å². The van der Waals surface area contributed by atoms with Crippen LogP contribution in [0.25, 0.3) is 0 Å². The average molecular weight is 392 g/mol. The van der Waals surface area contributed by atoms with Crippen molar-refractivity contribution in [2.75, 3.05) is 30.8 Å². The minimum Gasteiger partial charge on any atom is -0.356 e.